The average molecular weight is 382 g/mol. The molecule has 0 spiro atoms. The zero-order valence-electron chi connectivity index (χ0n) is 15.0. The molecule has 2 aromatic heterocycles. The molecule has 0 fully saturated rings. The van der Waals surface area contributed by atoms with Crippen LogP contribution in [0.3, 0.4) is 0 Å². The van der Waals surface area contributed by atoms with Crippen molar-refractivity contribution >= 4 is 23.4 Å². The van der Waals surface area contributed by atoms with E-state index in [0.29, 0.717) is 34.6 Å². The first-order valence-electron chi connectivity index (χ1n) is 8.72. The molecule has 0 saturated carbocycles. The van der Waals surface area contributed by atoms with Crippen molar-refractivity contribution in [3.05, 3.63) is 48.4 Å². The van der Waals surface area contributed by atoms with Crippen LogP contribution in [0.1, 0.15) is 32.3 Å². The summed E-state index contributed by atoms with van der Waals surface area (Å²) in [5, 5.41) is 9.07. The maximum atomic E-state index is 12.9. The number of amides is 1. The Hall–Kier alpha value is -2.87. The minimum atomic E-state index is -0.772. The fourth-order valence-electron chi connectivity index (χ4n) is 2.96. The monoisotopic (exact) mass is 382 g/mol. The maximum Gasteiger partial charge on any atom is 0.247 e. The van der Waals surface area contributed by atoms with E-state index in [0.717, 1.165) is 11.3 Å². The van der Waals surface area contributed by atoms with Gasteiger partial charge in [-0.05, 0) is 24.0 Å². The summed E-state index contributed by atoms with van der Waals surface area (Å²) < 4.78 is 11.8. The quantitative estimate of drug-likeness (QED) is 0.629. The lowest BCUT2D eigenvalue weighted by atomic mass is 10.1. The summed E-state index contributed by atoms with van der Waals surface area (Å²) in [6.45, 7) is 3.83. The van der Waals surface area contributed by atoms with Crippen molar-refractivity contribution in [1.29, 1.82) is 0 Å². The number of anilines is 1. The van der Waals surface area contributed by atoms with Crippen molar-refractivity contribution in [2.45, 2.75) is 31.7 Å². The van der Waals surface area contributed by atoms with Crippen LogP contribution in [-0.4, -0.2) is 26.8 Å². The number of nitrogens with zero attached hydrogens (tertiary/aromatic N) is 4. The first-order valence-corrected chi connectivity index (χ1v) is 9.70. The Morgan fingerprint density at radius 3 is 2.78 bits per heavy atom. The third-order valence-corrected chi connectivity index (χ3v) is 4.86. The fourth-order valence-corrected chi connectivity index (χ4v) is 3.46. The molecule has 8 heteroatoms. The van der Waals surface area contributed by atoms with Crippen molar-refractivity contribution in [3.8, 4) is 17.1 Å². The number of furan rings is 1. The number of rotatable bonds is 4. The van der Waals surface area contributed by atoms with Crippen LogP contribution in [0.15, 0.2) is 52.2 Å². The van der Waals surface area contributed by atoms with E-state index in [-0.39, 0.29) is 5.91 Å². The molecule has 0 radical (unpaired) electrons. The Kier molecular flexibility index (Phi) is 4.81. The zero-order chi connectivity index (χ0) is 18.8. The highest BCUT2D eigenvalue weighted by Gasteiger charge is 2.36. The van der Waals surface area contributed by atoms with Gasteiger partial charge in [-0.2, -0.15) is 4.98 Å². The number of fused-ring (bicyclic) bond motifs is 3. The van der Waals surface area contributed by atoms with Gasteiger partial charge in [0, 0.05) is 12.0 Å². The maximum absolute atomic E-state index is 12.9. The SMILES string of the molecule is CCSc1nnc2c(n1)O[C@H](c1ccco1)N(C(=O)CC)c1ccccc1-2. The normalized spacial score (nSPS) is 15.5. The second-order valence-electron chi connectivity index (χ2n) is 5.80. The first-order chi connectivity index (χ1) is 13.2. The molecule has 0 bridgehead atoms. The second-order valence-corrected chi connectivity index (χ2v) is 7.03. The van der Waals surface area contributed by atoms with E-state index in [1.807, 2.05) is 38.1 Å². The summed E-state index contributed by atoms with van der Waals surface area (Å²) in [7, 11) is 0. The van der Waals surface area contributed by atoms with Crippen LogP contribution in [0.4, 0.5) is 5.69 Å². The standard InChI is InChI=1S/C19H18N4O3S/c1-3-15(24)23-13-9-6-5-8-12(13)16-17(20-19(22-21-16)27-4-2)26-18(23)14-10-7-11-25-14/h5-11,18H,3-4H2,1-2H3/t18-/m1/s1. The molecule has 1 aliphatic rings. The van der Waals surface area contributed by atoms with Crippen LogP contribution in [-0.2, 0) is 4.79 Å². The average Bonchev–Trinajstić information content (AvgIpc) is 3.18. The van der Waals surface area contributed by atoms with Crippen LogP contribution >= 0.6 is 11.8 Å². The minimum absolute atomic E-state index is 0.0900. The van der Waals surface area contributed by atoms with Crippen LogP contribution in [0.25, 0.3) is 11.3 Å². The summed E-state index contributed by atoms with van der Waals surface area (Å²) in [5.74, 6) is 1.58. The molecule has 0 saturated heterocycles. The number of carbonyl (C=O) groups is 1. The highest BCUT2D eigenvalue weighted by molar-refractivity contribution is 7.99. The lowest BCUT2D eigenvalue weighted by Gasteiger charge is -2.28. The van der Waals surface area contributed by atoms with Crippen molar-refractivity contribution in [3.63, 3.8) is 0 Å². The van der Waals surface area contributed by atoms with E-state index in [2.05, 4.69) is 15.2 Å². The van der Waals surface area contributed by atoms with Gasteiger partial charge in [0.1, 0.15) is 0 Å². The van der Waals surface area contributed by atoms with Gasteiger partial charge in [0.15, 0.2) is 11.5 Å². The number of carbonyl (C=O) groups excluding carboxylic acids is 1. The van der Waals surface area contributed by atoms with E-state index in [1.54, 1.807) is 23.3 Å². The molecule has 3 heterocycles. The Labute approximate surface area is 160 Å². The number of ether oxygens (including phenoxy) is 1. The van der Waals surface area contributed by atoms with Gasteiger partial charge in [-0.25, -0.2) is 0 Å². The summed E-state index contributed by atoms with van der Waals surface area (Å²) in [4.78, 5) is 19.0. The van der Waals surface area contributed by atoms with E-state index in [1.165, 1.54) is 11.8 Å². The van der Waals surface area contributed by atoms with Crippen molar-refractivity contribution < 1.29 is 13.9 Å². The number of para-hydroxylation sites is 1. The van der Waals surface area contributed by atoms with E-state index < -0.39 is 6.23 Å². The van der Waals surface area contributed by atoms with E-state index in [9.17, 15) is 4.79 Å². The third-order valence-electron chi connectivity index (χ3n) is 4.14. The molecule has 1 atom stereocenters. The fraction of sp³-hybridized carbons (Fsp3) is 0.263. The van der Waals surface area contributed by atoms with Crippen LogP contribution < -0.4 is 9.64 Å². The summed E-state index contributed by atoms with van der Waals surface area (Å²) >= 11 is 1.48. The number of hydrogen-bond acceptors (Lipinski definition) is 7. The van der Waals surface area contributed by atoms with Crippen LogP contribution in [0.2, 0.25) is 0 Å². The Morgan fingerprint density at radius 1 is 1.19 bits per heavy atom. The van der Waals surface area contributed by atoms with Gasteiger partial charge in [0.2, 0.25) is 23.2 Å². The summed E-state index contributed by atoms with van der Waals surface area (Å²) in [5.41, 5.74) is 1.95. The largest absolute Gasteiger partial charge is 0.463 e. The first kappa shape index (κ1) is 17.5. The van der Waals surface area contributed by atoms with Gasteiger partial charge in [-0.1, -0.05) is 43.8 Å². The molecule has 1 amide bonds. The molecule has 27 heavy (non-hydrogen) atoms. The molecule has 4 rings (SSSR count). The number of benzene rings is 1. The highest BCUT2D eigenvalue weighted by Crippen LogP contribution is 2.43. The molecule has 0 N–H and O–H groups in total. The zero-order valence-corrected chi connectivity index (χ0v) is 15.8. The smallest absolute Gasteiger partial charge is 0.247 e. The van der Waals surface area contributed by atoms with Gasteiger partial charge in [-0.15, -0.1) is 10.2 Å². The van der Waals surface area contributed by atoms with E-state index >= 15 is 0 Å². The van der Waals surface area contributed by atoms with Gasteiger partial charge in [0.05, 0.1) is 12.0 Å². The highest BCUT2D eigenvalue weighted by atomic mass is 32.2. The molecule has 3 aromatic rings. The van der Waals surface area contributed by atoms with Crippen molar-refractivity contribution in [2.24, 2.45) is 0 Å². The van der Waals surface area contributed by atoms with Crippen molar-refractivity contribution in [1.82, 2.24) is 15.2 Å². The van der Waals surface area contributed by atoms with Gasteiger partial charge in [0.25, 0.3) is 0 Å². The third kappa shape index (κ3) is 3.16. The Bertz CT molecular complexity index is 961. The summed E-state index contributed by atoms with van der Waals surface area (Å²) in [6, 6.07) is 11.1. The molecule has 0 aliphatic carbocycles. The molecule has 7 nitrogen and oxygen atoms in total. The molecule has 0 unspecified atom stereocenters. The summed E-state index contributed by atoms with van der Waals surface area (Å²) in [6.07, 6.45) is 1.11. The molecule has 1 aromatic carbocycles. The van der Waals surface area contributed by atoms with Crippen LogP contribution in [0.5, 0.6) is 5.88 Å². The molecule has 138 valence electrons. The minimum Gasteiger partial charge on any atom is -0.463 e. The van der Waals surface area contributed by atoms with E-state index in [4.69, 9.17) is 9.15 Å². The van der Waals surface area contributed by atoms with Gasteiger partial charge in [-0.3, -0.25) is 9.69 Å². The number of thioether (sulfide) groups is 1. The Morgan fingerprint density at radius 2 is 2.04 bits per heavy atom. The molecular weight excluding hydrogens is 364 g/mol. The second kappa shape index (κ2) is 7.40. The Balaban J connectivity index is 1.94. The predicted molar refractivity (Wildman–Crippen MR) is 102 cm³/mol. The number of hydrogen-bond donors (Lipinski definition) is 0. The van der Waals surface area contributed by atoms with Crippen molar-refractivity contribution in [2.75, 3.05) is 10.7 Å². The van der Waals surface area contributed by atoms with Gasteiger partial charge < -0.3 is 9.15 Å². The number of aromatic nitrogens is 3. The lowest BCUT2D eigenvalue weighted by Crippen LogP contribution is -2.37. The topological polar surface area (TPSA) is 81.3 Å². The van der Waals surface area contributed by atoms with Gasteiger partial charge >= 0.3 is 0 Å². The van der Waals surface area contributed by atoms with Crippen LogP contribution in [0, 0.1) is 0 Å². The molecular formula is C19H18N4O3S. The lowest BCUT2D eigenvalue weighted by molar-refractivity contribution is -0.120. The predicted octanol–water partition coefficient (Wildman–Crippen LogP) is 4.08. The molecule has 1 aliphatic heterocycles.